The van der Waals surface area contributed by atoms with Crippen molar-refractivity contribution in [2.75, 3.05) is 44.9 Å². The Kier molecular flexibility index (Phi) is 8.41. The summed E-state index contributed by atoms with van der Waals surface area (Å²) in [6.45, 7) is 2.47. The summed E-state index contributed by atoms with van der Waals surface area (Å²) in [5.74, 6) is 1.28. The van der Waals surface area contributed by atoms with Gasteiger partial charge in [0, 0.05) is 34.3 Å². The van der Waals surface area contributed by atoms with Crippen LogP contribution >= 0.6 is 11.3 Å². The number of rotatable bonds is 10. The lowest BCUT2D eigenvalue weighted by atomic mass is 9.86. The molecule has 198 valence electrons. The van der Waals surface area contributed by atoms with Crippen molar-refractivity contribution in [2.24, 2.45) is 5.92 Å². The molecule has 0 aliphatic heterocycles. The Labute approximate surface area is 219 Å². The van der Waals surface area contributed by atoms with E-state index in [2.05, 4.69) is 20.6 Å². The summed E-state index contributed by atoms with van der Waals surface area (Å²) in [4.78, 5) is 24.5. The van der Waals surface area contributed by atoms with Gasteiger partial charge < -0.3 is 36.4 Å². The fourth-order valence-corrected chi connectivity index (χ4v) is 5.76. The summed E-state index contributed by atoms with van der Waals surface area (Å²) in [6.07, 6.45) is 4.19. The molecule has 1 amide bonds. The third kappa shape index (κ3) is 5.92. The number of thiophene rings is 1. The van der Waals surface area contributed by atoms with E-state index in [-0.39, 0.29) is 19.1 Å². The van der Waals surface area contributed by atoms with Crippen molar-refractivity contribution >= 4 is 51.1 Å². The van der Waals surface area contributed by atoms with Gasteiger partial charge in [0.15, 0.2) is 0 Å². The molecule has 37 heavy (non-hydrogen) atoms. The highest BCUT2D eigenvalue weighted by Gasteiger charge is 2.30. The van der Waals surface area contributed by atoms with Gasteiger partial charge in [0.2, 0.25) is 0 Å². The molecule has 4 rings (SSSR count). The summed E-state index contributed by atoms with van der Waals surface area (Å²) >= 11 is 1.63. The molecule has 6 N–H and O–H groups in total. The maximum Gasteiger partial charge on any atom is 0.407 e. The quantitative estimate of drug-likeness (QED) is 0.116. The normalized spacial score (nSPS) is 15.8. The van der Waals surface area contributed by atoms with Gasteiger partial charge in [0.1, 0.15) is 35.6 Å². The second kappa shape index (κ2) is 11.7. The largest absolute Gasteiger partial charge is 0.489 e. The van der Waals surface area contributed by atoms with Gasteiger partial charge in [-0.1, -0.05) is 0 Å². The van der Waals surface area contributed by atoms with Crippen molar-refractivity contribution in [2.45, 2.75) is 32.4 Å². The summed E-state index contributed by atoms with van der Waals surface area (Å²) in [5.41, 5.74) is 8.86. The zero-order valence-electron chi connectivity index (χ0n) is 21.2. The first kappa shape index (κ1) is 26.6. The maximum atomic E-state index is 11.5. The van der Waals surface area contributed by atoms with Crippen LogP contribution in [0.3, 0.4) is 0 Å². The van der Waals surface area contributed by atoms with Crippen LogP contribution < -0.4 is 21.1 Å². The lowest BCUT2D eigenvalue weighted by Crippen LogP contribution is -2.37. The van der Waals surface area contributed by atoms with E-state index in [9.17, 15) is 9.90 Å². The van der Waals surface area contributed by atoms with Crippen LogP contribution in [-0.2, 0) is 17.6 Å². The number of benzene rings is 1. The average molecular weight is 528 g/mol. The predicted octanol–water partition coefficient (Wildman–Crippen LogP) is 3.12. The van der Waals surface area contributed by atoms with Crippen molar-refractivity contribution in [1.82, 2.24) is 20.2 Å². The monoisotopic (exact) mass is 527 g/mol. The van der Waals surface area contributed by atoms with E-state index in [4.69, 9.17) is 20.6 Å². The number of hydrogen-bond donors (Lipinski definition) is 5. The van der Waals surface area contributed by atoms with Gasteiger partial charge in [-0.15, -0.1) is 11.3 Å². The zero-order valence-corrected chi connectivity index (χ0v) is 22.0. The Hall–Kier alpha value is -3.48. The van der Waals surface area contributed by atoms with Gasteiger partial charge >= 0.3 is 6.09 Å². The molecule has 2 aromatic heterocycles. The number of nitrogens with zero attached hydrogens (tertiary/aromatic N) is 3. The number of aliphatic hydroxyl groups is 1. The third-order valence-corrected chi connectivity index (χ3v) is 7.49. The van der Waals surface area contributed by atoms with Crippen LogP contribution in [0.25, 0.3) is 10.2 Å². The topological polar surface area (TPSA) is 159 Å². The van der Waals surface area contributed by atoms with E-state index >= 15 is 0 Å². The highest BCUT2D eigenvalue weighted by atomic mass is 32.1. The van der Waals surface area contributed by atoms with E-state index in [1.54, 1.807) is 30.4 Å². The first-order chi connectivity index (χ1) is 17.8. The molecular weight excluding hydrogens is 494 g/mol. The van der Waals surface area contributed by atoms with Crippen LogP contribution in [0.1, 0.15) is 29.3 Å². The number of aliphatic hydroxyl groups excluding tert-OH is 1. The summed E-state index contributed by atoms with van der Waals surface area (Å²) in [6, 6.07) is 3.40. The number of nitrogen functional groups attached to an aromatic ring is 1. The number of carbonyl (C=O) groups excluding carboxylic acids is 1. The Morgan fingerprint density at radius 3 is 2.95 bits per heavy atom. The predicted molar refractivity (Wildman–Crippen MR) is 145 cm³/mol. The number of nitrogens with two attached hydrogens (primary N) is 1. The number of anilines is 3. The second-order valence-corrected chi connectivity index (χ2v) is 10.1. The third-order valence-electron chi connectivity index (χ3n) is 6.33. The second-order valence-electron chi connectivity index (χ2n) is 9.03. The highest BCUT2D eigenvalue weighted by molar-refractivity contribution is 7.19. The fraction of sp³-hybridized carbons (Fsp3) is 0.440. The Balaban J connectivity index is 1.60. The van der Waals surface area contributed by atoms with Crippen LogP contribution in [0, 0.1) is 11.3 Å². The van der Waals surface area contributed by atoms with Gasteiger partial charge in [-0.2, -0.15) is 0 Å². The molecule has 3 aromatic rings. The molecule has 0 bridgehead atoms. The van der Waals surface area contributed by atoms with E-state index in [0.717, 1.165) is 29.5 Å². The molecule has 1 aliphatic rings. The van der Waals surface area contributed by atoms with Gasteiger partial charge in [-0.05, 0) is 51.9 Å². The number of nitrogens with one attached hydrogen (secondary N) is 3. The number of aromatic nitrogens is 2. The van der Waals surface area contributed by atoms with Crippen LogP contribution in [0.2, 0.25) is 0 Å². The van der Waals surface area contributed by atoms with Crippen LogP contribution in [0.5, 0.6) is 5.75 Å². The number of alkyl carbamates (subject to hydrolysis) is 1. The van der Waals surface area contributed by atoms with Crippen LogP contribution in [0.4, 0.5) is 22.0 Å². The van der Waals surface area contributed by atoms with Crippen LogP contribution in [0.15, 0.2) is 18.5 Å². The minimum Gasteiger partial charge on any atom is -0.489 e. The Morgan fingerprint density at radius 2 is 2.22 bits per heavy atom. The molecule has 1 aliphatic carbocycles. The molecule has 2 unspecified atom stereocenters. The molecule has 0 spiro atoms. The first-order valence-electron chi connectivity index (χ1n) is 12.2. The summed E-state index contributed by atoms with van der Waals surface area (Å²) < 4.78 is 10.8. The van der Waals surface area contributed by atoms with Crippen molar-refractivity contribution in [1.29, 1.82) is 5.41 Å². The van der Waals surface area contributed by atoms with Crippen molar-refractivity contribution < 1.29 is 19.4 Å². The number of hydrogen-bond acceptors (Lipinski definition) is 11. The lowest BCUT2D eigenvalue weighted by Gasteiger charge is -2.30. The van der Waals surface area contributed by atoms with E-state index in [1.165, 1.54) is 23.0 Å². The minimum absolute atomic E-state index is 0.162. The molecule has 0 saturated carbocycles. The first-order valence-corrected chi connectivity index (χ1v) is 13.0. The fourth-order valence-electron chi connectivity index (χ4n) is 4.48. The maximum absolute atomic E-state index is 11.5. The SMILES string of the molecule is CCOC(=O)NCCOc1cc(N)c(C=N)cc1Nc1ncnc2sc3c(c12)CCC(C(O)N(C)C)C3. The molecule has 2 heterocycles. The number of amides is 1. The Bertz CT molecular complexity index is 1280. The minimum atomic E-state index is -0.505. The standard InChI is InChI=1S/C25H33N7O4S/c1-4-35-25(34)28-7-8-36-19-11-17(27)15(12-26)9-18(19)31-22-21-16-6-5-14(24(33)32(2)3)10-20(16)37-23(21)30-13-29-22/h9,11-14,24,26,33H,4-8,10,27H2,1-3H3,(H,28,34)(H,29,30,31). The van der Waals surface area contributed by atoms with E-state index < -0.39 is 12.3 Å². The number of carbonyl (C=O) groups is 1. The van der Waals surface area contributed by atoms with Crippen molar-refractivity contribution in [3.05, 3.63) is 34.5 Å². The average Bonchev–Trinajstić information content (AvgIpc) is 3.26. The zero-order chi connectivity index (χ0) is 26.5. The van der Waals surface area contributed by atoms with E-state index in [1.807, 2.05) is 19.0 Å². The molecular formula is C25H33N7O4S. The summed E-state index contributed by atoms with van der Waals surface area (Å²) in [7, 11) is 3.78. The van der Waals surface area contributed by atoms with Gasteiger partial charge in [0.25, 0.3) is 0 Å². The highest BCUT2D eigenvalue weighted by Crippen LogP contribution is 2.42. The molecule has 0 fully saturated rings. The molecule has 2 atom stereocenters. The van der Waals surface area contributed by atoms with Gasteiger partial charge in [-0.3, -0.25) is 4.90 Å². The molecule has 11 nitrogen and oxygen atoms in total. The number of ether oxygens (including phenoxy) is 2. The van der Waals surface area contributed by atoms with E-state index in [0.29, 0.717) is 35.1 Å². The molecule has 0 radical (unpaired) electrons. The van der Waals surface area contributed by atoms with Crippen molar-refractivity contribution in [3.8, 4) is 5.75 Å². The molecule has 1 aromatic carbocycles. The number of fused-ring (bicyclic) bond motifs is 3. The summed E-state index contributed by atoms with van der Waals surface area (Å²) in [5, 5.41) is 25.2. The van der Waals surface area contributed by atoms with Crippen LogP contribution in [-0.4, -0.2) is 72.4 Å². The number of aryl methyl sites for hydroxylation is 1. The molecule has 0 saturated heterocycles. The molecule has 12 heteroatoms. The smallest absolute Gasteiger partial charge is 0.407 e. The Morgan fingerprint density at radius 1 is 1.41 bits per heavy atom. The lowest BCUT2D eigenvalue weighted by molar-refractivity contribution is -0.0142. The van der Waals surface area contributed by atoms with Gasteiger partial charge in [-0.25, -0.2) is 14.8 Å². The van der Waals surface area contributed by atoms with Gasteiger partial charge in [0.05, 0.1) is 24.2 Å². The van der Waals surface area contributed by atoms with Crippen molar-refractivity contribution in [3.63, 3.8) is 0 Å².